The van der Waals surface area contributed by atoms with Crippen LogP contribution in [0.4, 0.5) is 5.95 Å². The van der Waals surface area contributed by atoms with Gasteiger partial charge in [0, 0.05) is 51.6 Å². The van der Waals surface area contributed by atoms with Gasteiger partial charge in [0.05, 0.1) is 12.5 Å². The van der Waals surface area contributed by atoms with Crippen LogP contribution in [0.5, 0.6) is 0 Å². The Morgan fingerprint density at radius 3 is 2.77 bits per heavy atom. The third kappa shape index (κ3) is 2.93. The van der Waals surface area contributed by atoms with Gasteiger partial charge in [-0.05, 0) is 25.2 Å². The van der Waals surface area contributed by atoms with Crippen molar-refractivity contribution in [2.24, 2.45) is 18.9 Å². The van der Waals surface area contributed by atoms with E-state index in [1.54, 1.807) is 12.5 Å². The summed E-state index contributed by atoms with van der Waals surface area (Å²) in [6.07, 6.45) is 11.0. The standard InChI is InChI=1S/C22H27N7O2/c1-26-13-24-16-10-23-22(25-20(16)26)28-11-14-9-15(12-28)19(21(31)27-7-2-3-8-27)29-17(14)5-4-6-18(29)30/h2-3,10,13-15,17,19H,4-9,11-12H2,1H3/t14-,15+,17+,19-/m1/s1. The highest BCUT2D eigenvalue weighted by molar-refractivity contribution is 5.89. The first kappa shape index (κ1) is 18.8. The first-order chi connectivity index (χ1) is 15.1. The van der Waals surface area contributed by atoms with Crippen molar-refractivity contribution in [1.82, 2.24) is 29.3 Å². The lowest BCUT2D eigenvalue weighted by atomic mass is 9.71. The van der Waals surface area contributed by atoms with Crippen LogP contribution in [-0.2, 0) is 16.6 Å². The van der Waals surface area contributed by atoms with Gasteiger partial charge in [0.15, 0.2) is 5.65 Å². The average molecular weight is 422 g/mol. The van der Waals surface area contributed by atoms with Gasteiger partial charge < -0.3 is 19.3 Å². The number of carbonyl (C=O) groups excluding carboxylic acids is 2. The minimum atomic E-state index is -0.378. The summed E-state index contributed by atoms with van der Waals surface area (Å²) in [6, 6.07) is -0.248. The maximum Gasteiger partial charge on any atom is 0.246 e. The Balaban J connectivity index is 1.35. The van der Waals surface area contributed by atoms with Crippen molar-refractivity contribution in [3.05, 3.63) is 24.7 Å². The zero-order chi connectivity index (χ0) is 21.1. The summed E-state index contributed by atoms with van der Waals surface area (Å²) in [4.78, 5) is 46.3. The number of aromatic nitrogens is 4. The van der Waals surface area contributed by atoms with E-state index in [9.17, 15) is 9.59 Å². The fourth-order valence-corrected chi connectivity index (χ4v) is 6.05. The van der Waals surface area contributed by atoms with Crippen LogP contribution >= 0.6 is 0 Å². The molecular formula is C22H27N7O2. The van der Waals surface area contributed by atoms with Gasteiger partial charge in [-0.2, -0.15) is 4.98 Å². The van der Waals surface area contributed by atoms with Crippen LogP contribution in [-0.4, -0.2) is 79.4 Å². The Morgan fingerprint density at radius 2 is 1.94 bits per heavy atom. The third-order valence-electron chi connectivity index (χ3n) is 7.45. The van der Waals surface area contributed by atoms with Gasteiger partial charge in [-0.15, -0.1) is 0 Å². The highest BCUT2D eigenvalue weighted by Crippen LogP contribution is 2.43. The predicted octanol–water partition coefficient (Wildman–Crippen LogP) is 0.968. The highest BCUT2D eigenvalue weighted by Gasteiger charge is 2.53. The van der Waals surface area contributed by atoms with Crippen LogP contribution in [0.25, 0.3) is 11.2 Å². The van der Waals surface area contributed by atoms with Crippen molar-refractivity contribution in [3.8, 4) is 0 Å². The van der Waals surface area contributed by atoms with Crippen molar-refractivity contribution in [2.75, 3.05) is 31.1 Å². The number of carbonyl (C=O) groups is 2. The number of piperidine rings is 3. The lowest BCUT2D eigenvalue weighted by Gasteiger charge is -2.56. The monoisotopic (exact) mass is 421 g/mol. The summed E-state index contributed by atoms with van der Waals surface area (Å²) < 4.78 is 1.90. The molecule has 0 aromatic carbocycles. The SMILES string of the molecule is Cn1cnc2cnc(N3C[C@H]4C[C@@H](C3)[C@H](C(=O)N3CC=CC3)N3C(=O)CCC[C@@H]43)nc21. The van der Waals surface area contributed by atoms with E-state index < -0.39 is 0 Å². The van der Waals surface area contributed by atoms with E-state index in [1.807, 2.05) is 33.6 Å². The second-order valence-corrected chi connectivity index (χ2v) is 9.32. The molecule has 2 aromatic heterocycles. The first-order valence-corrected chi connectivity index (χ1v) is 11.2. The van der Waals surface area contributed by atoms with Gasteiger partial charge in [-0.1, -0.05) is 12.2 Å². The van der Waals surface area contributed by atoms with Crippen LogP contribution in [0.15, 0.2) is 24.7 Å². The summed E-state index contributed by atoms with van der Waals surface area (Å²) in [6.45, 7) is 2.79. The molecule has 6 heterocycles. The summed E-state index contributed by atoms with van der Waals surface area (Å²) >= 11 is 0. The molecule has 4 aliphatic heterocycles. The summed E-state index contributed by atoms with van der Waals surface area (Å²) in [5.74, 6) is 1.37. The van der Waals surface area contributed by atoms with Crippen molar-refractivity contribution < 1.29 is 9.59 Å². The molecule has 0 aliphatic carbocycles. The molecule has 3 saturated heterocycles. The van der Waals surface area contributed by atoms with Crippen LogP contribution in [0.2, 0.25) is 0 Å². The molecule has 9 nitrogen and oxygen atoms in total. The topological polar surface area (TPSA) is 87.5 Å². The third-order valence-corrected chi connectivity index (χ3v) is 7.45. The number of nitrogens with zero attached hydrogens (tertiary/aromatic N) is 7. The van der Waals surface area contributed by atoms with E-state index in [1.165, 1.54) is 0 Å². The number of fused-ring (bicyclic) bond motifs is 5. The van der Waals surface area contributed by atoms with Gasteiger partial charge in [0.25, 0.3) is 0 Å². The average Bonchev–Trinajstić information content (AvgIpc) is 3.44. The molecule has 4 aliphatic rings. The van der Waals surface area contributed by atoms with E-state index in [2.05, 4.69) is 14.9 Å². The summed E-state index contributed by atoms with van der Waals surface area (Å²) in [5, 5.41) is 0. The molecule has 9 heteroatoms. The van der Waals surface area contributed by atoms with Gasteiger partial charge in [-0.3, -0.25) is 9.59 Å². The molecule has 0 saturated carbocycles. The minimum Gasteiger partial charge on any atom is -0.340 e. The molecular weight excluding hydrogens is 394 g/mol. The molecule has 0 radical (unpaired) electrons. The lowest BCUT2D eigenvalue weighted by molar-refractivity contribution is -0.160. The Morgan fingerprint density at radius 1 is 1.13 bits per heavy atom. The second kappa shape index (κ2) is 7.03. The second-order valence-electron chi connectivity index (χ2n) is 9.32. The lowest BCUT2D eigenvalue weighted by Crippen LogP contribution is -2.68. The van der Waals surface area contributed by atoms with E-state index in [0.717, 1.165) is 37.0 Å². The van der Waals surface area contributed by atoms with Crippen molar-refractivity contribution in [1.29, 1.82) is 0 Å². The van der Waals surface area contributed by atoms with E-state index >= 15 is 0 Å². The Kier molecular flexibility index (Phi) is 4.26. The first-order valence-electron chi connectivity index (χ1n) is 11.2. The van der Waals surface area contributed by atoms with E-state index in [4.69, 9.17) is 4.98 Å². The van der Waals surface area contributed by atoms with Crippen LogP contribution in [0.1, 0.15) is 25.7 Å². The number of anilines is 1. The van der Waals surface area contributed by atoms with Crippen molar-refractivity contribution in [3.63, 3.8) is 0 Å². The summed E-state index contributed by atoms with van der Waals surface area (Å²) in [5.41, 5.74) is 1.59. The summed E-state index contributed by atoms with van der Waals surface area (Å²) in [7, 11) is 1.93. The molecule has 2 bridgehead atoms. The molecule has 0 spiro atoms. The fraction of sp³-hybridized carbons (Fsp3) is 0.591. The largest absolute Gasteiger partial charge is 0.340 e. The molecule has 6 rings (SSSR count). The van der Waals surface area contributed by atoms with Crippen LogP contribution in [0, 0.1) is 11.8 Å². The molecule has 0 unspecified atom stereocenters. The normalized spacial score (nSPS) is 30.2. The minimum absolute atomic E-state index is 0.0935. The molecule has 162 valence electrons. The molecule has 4 atom stereocenters. The molecule has 0 N–H and O–H groups in total. The van der Waals surface area contributed by atoms with E-state index in [0.29, 0.717) is 37.9 Å². The molecule has 2 aromatic rings. The molecule has 2 amide bonds. The van der Waals surface area contributed by atoms with Crippen LogP contribution in [0.3, 0.4) is 0 Å². The zero-order valence-electron chi connectivity index (χ0n) is 17.7. The van der Waals surface area contributed by atoms with Gasteiger partial charge >= 0.3 is 0 Å². The van der Waals surface area contributed by atoms with Crippen molar-refractivity contribution >= 4 is 28.9 Å². The smallest absolute Gasteiger partial charge is 0.246 e. The number of hydrogen-bond acceptors (Lipinski definition) is 6. The Hall–Kier alpha value is -2.97. The number of aryl methyl sites for hydroxylation is 1. The maximum absolute atomic E-state index is 13.6. The van der Waals surface area contributed by atoms with Crippen LogP contribution < -0.4 is 4.90 Å². The maximum atomic E-state index is 13.6. The number of hydrogen-bond donors (Lipinski definition) is 0. The van der Waals surface area contributed by atoms with Crippen molar-refractivity contribution in [2.45, 2.75) is 37.8 Å². The zero-order valence-corrected chi connectivity index (χ0v) is 17.7. The van der Waals surface area contributed by atoms with Gasteiger partial charge in [-0.25, -0.2) is 9.97 Å². The van der Waals surface area contributed by atoms with Gasteiger partial charge in [0.1, 0.15) is 11.6 Å². The Labute approximate surface area is 180 Å². The fourth-order valence-electron chi connectivity index (χ4n) is 6.05. The number of imidazole rings is 1. The quantitative estimate of drug-likeness (QED) is 0.672. The predicted molar refractivity (Wildman–Crippen MR) is 114 cm³/mol. The number of rotatable bonds is 2. The Bertz CT molecular complexity index is 1070. The number of amides is 2. The molecule has 3 fully saturated rings. The van der Waals surface area contributed by atoms with Gasteiger partial charge in [0.2, 0.25) is 17.8 Å². The molecule has 31 heavy (non-hydrogen) atoms. The highest BCUT2D eigenvalue weighted by atomic mass is 16.2. The van der Waals surface area contributed by atoms with E-state index in [-0.39, 0.29) is 29.8 Å².